The minimum atomic E-state index is 0.0668. The fraction of sp³-hybridized carbons (Fsp3) is 0.400. The van der Waals surface area contributed by atoms with Gasteiger partial charge in [0, 0.05) is 29.7 Å². The van der Waals surface area contributed by atoms with Gasteiger partial charge >= 0.3 is 0 Å². The molecule has 3 nitrogen and oxygen atoms in total. The van der Waals surface area contributed by atoms with Crippen LogP contribution in [0.25, 0.3) is 10.9 Å². The number of aromatic amines is 1. The second kappa shape index (κ2) is 6.15. The average molecular weight is 276 g/mol. The summed E-state index contributed by atoms with van der Waals surface area (Å²) >= 11 is 1.78. The Morgan fingerprint density at radius 2 is 2.16 bits per heavy atom. The van der Waals surface area contributed by atoms with E-state index in [0.29, 0.717) is 5.69 Å². The van der Waals surface area contributed by atoms with Crippen molar-refractivity contribution >= 4 is 28.6 Å². The van der Waals surface area contributed by atoms with Gasteiger partial charge in [0.05, 0.1) is 0 Å². The molecule has 0 saturated heterocycles. The van der Waals surface area contributed by atoms with E-state index < -0.39 is 0 Å². The normalized spacial score (nSPS) is 12.6. The molecule has 1 amide bonds. The molecule has 1 atom stereocenters. The fourth-order valence-corrected chi connectivity index (χ4v) is 3.08. The van der Waals surface area contributed by atoms with Crippen molar-refractivity contribution in [3.05, 3.63) is 36.0 Å². The third-order valence-electron chi connectivity index (χ3n) is 3.46. The van der Waals surface area contributed by atoms with Crippen molar-refractivity contribution in [2.45, 2.75) is 19.4 Å². The van der Waals surface area contributed by atoms with E-state index in [9.17, 15) is 4.79 Å². The number of thioether (sulfide) groups is 1. The second-order valence-corrected chi connectivity index (χ2v) is 5.61. The number of fused-ring (bicyclic) bond motifs is 1. The van der Waals surface area contributed by atoms with Gasteiger partial charge in [-0.25, -0.2) is 0 Å². The van der Waals surface area contributed by atoms with Crippen molar-refractivity contribution in [2.24, 2.45) is 0 Å². The van der Waals surface area contributed by atoms with Gasteiger partial charge in [-0.2, -0.15) is 11.8 Å². The molecule has 0 aliphatic rings. The minimum absolute atomic E-state index is 0.0668. The maximum Gasteiger partial charge on any atom is 0.270 e. The van der Waals surface area contributed by atoms with Crippen LogP contribution in [0.1, 0.15) is 23.8 Å². The lowest BCUT2D eigenvalue weighted by molar-refractivity contribution is 0.0738. The van der Waals surface area contributed by atoms with Crippen LogP contribution in [0.4, 0.5) is 0 Å². The van der Waals surface area contributed by atoms with Crippen molar-refractivity contribution in [1.82, 2.24) is 9.88 Å². The molecule has 1 N–H and O–H groups in total. The Morgan fingerprint density at radius 1 is 1.42 bits per heavy atom. The number of amides is 1. The molecule has 102 valence electrons. The first-order valence-corrected chi connectivity index (χ1v) is 7.90. The highest BCUT2D eigenvalue weighted by atomic mass is 32.2. The number of rotatable bonds is 5. The van der Waals surface area contributed by atoms with Crippen molar-refractivity contribution in [2.75, 3.05) is 19.1 Å². The van der Waals surface area contributed by atoms with Crippen LogP contribution in [0, 0.1) is 0 Å². The summed E-state index contributed by atoms with van der Waals surface area (Å²) in [4.78, 5) is 17.5. The highest BCUT2D eigenvalue weighted by Crippen LogP contribution is 2.17. The minimum Gasteiger partial charge on any atom is -0.351 e. The molecule has 19 heavy (non-hydrogen) atoms. The van der Waals surface area contributed by atoms with Gasteiger partial charge in [-0.3, -0.25) is 4.79 Å². The molecule has 0 saturated carbocycles. The number of hydrogen-bond acceptors (Lipinski definition) is 2. The number of aromatic nitrogens is 1. The molecule has 1 aromatic carbocycles. The lowest BCUT2D eigenvalue weighted by Gasteiger charge is -2.26. The summed E-state index contributed by atoms with van der Waals surface area (Å²) in [6.45, 7) is 2.12. The number of benzene rings is 1. The van der Waals surface area contributed by atoms with Crippen LogP contribution in [0.3, 0.4) is 0 Å². The standard InChI is InChI=1S/C15H20N2OS/c1-4-12(10-19-3)17(2)15(18)14-9-11-7-5-6-8-13(11)16-14/h5-9,12,16H,4,10H2,1-3H3. The van der Waals surface area contributed by atoms with E-state index in [-0.39, 0.29) is 11.9 Å². The predicted molar refractivity (Wildman–Crippen MR) is 82.9 cm³/mol. The first-order valence-electron chi connectivity index (χ1n) is 6.51. The number of H-pyrrole nitrogens is 1. The van der Waals surface area contributed by atoms with Gasteiger partial charge < -0.3 is 9.88 Å². The molecule has 0 fully saturated rings. The fourth-order valence-electron chi connectivity index (χ4n) is 2.24. The lowest BCUT2D eigenvalue weighted by Crippen LogP contribution is -2.38. The topological polar surface area (TPSA) is 36.1 Å². The van der Waals surface area contributed by atoms with E-state index in [1.54, 1.807) is 11.8 Å². The van der Waals surface area contributed by atoms with Gasteiger partial charge in [-0.1, -0.05) is 25.1 Å². The molecule has 1 heterocycles. The SMILES string of the molecule is CCC(CSC)N(C)C(=O)c1cc2ccccc2[nH]1. The van der Waals surface area contributed by atoms with Crippen LogP contribution in [0.2, 0.25) is 0 Å². The Kier molecular flexibility index (Phi) is 4.53. The predicted octanol–water partition coefficient (Wildman–Crippen LogP) is 3.38. The Morgan fingerprint density at radius 3 is 2.79 bits per heavy atom. The highest BCUT2D eigenvalue weighted by molar-refractivity contribution is 7.98. The van der Waals surface area contributed by atoms with Crippen LogP contribution in [0.15, 0.2) is 30.3 Å². The molecule has 0 aliphatic carbocycles. The number of carbonyl (C=O) groups excluding carboxylic acids is 1. The summed E-state index contributed by atoms with van der Waals surface area (Å²) in [5, 5.41) is 1.08. The zero-order valence-corrected chi connectivity index (χ0v) is 12.5. The third-order valence-corrected chi connectivity index (χ3v) is 4.18. The quantitative estimate of drug-likeness (QED) is 0.908. The first kappa shape index (κ1) is 14.0. The summed E-state index contributed by atoms with van der Waals surface area (Å²) in [7, 11) is 1.89. The van der Waals surface area contributed by atoms with Gasteiger partial charge in [-0.15, -0.1) is 0 Å². The molecule has 1 unspecified atom stereocenters. The number of nitrogens with zero attached hydrogens (tertiary/aromatic N) is 1. The lowest BCUT2D eigenvalue weighted by atomic mass is 10.2. The first-order chi connectivity index (χ1) is 9.17. The van der Waals surface area contributed by atoms with Gasteiger partial charge in [-0.05, 0) is 24.8 Å². The van der Waals surface area contributed by atoms with Crippen LogP contribution in [-0.2, 0) is 0 Å². The summed E-state index contributed by atoms with van der Waals surface area (Å²) < 4.78 is 0. The molecule has 0 radical (unpaired) electrons. The monoisotopic (exact) mass is 276 g/mol. The van der Waals surface area contributed by atoms with E-state index >= 15 is 0 Å². The van der Waals surface area contributed by atoms with E-state index in [0.717, 1.165) is 23.1 Å². The summed E-state index contributed by atoms with van der Waals surface area (Å²) in [6.07, 6.45) is 3.05. The molecule has 4 heteroatoms. The maximum atomic E-state index is 12.5. The molecule has 2 rings (SSSR count). The zero-order valence-electron chi connectivity index (χ0n) is 11.6. The summed E-state index contributed by atoms with van der Waals surface area (Å²) in [5.74, 6) is 1.04. The second-order valence-electron chi connectivity index (χ2n) is 4.70. The van der Waals surface area contributed by atoms with Crippen LogP contribution >= 0.6 is 11.8 Å². The molecule has 2 aromatic rings. The van der Waals surface area contributed by atoms with Crippen molar-refractivity contribution < 1.29 is 4.79 Å². The van der Waals surface area contributed by atoms with Crippen molar-refractivity contribution in [1.29, 1.82) is 0 Å². The van der Waals surface area contributed by atoms with Crippen molar-refractivity contribution in [3.8, 4) is 0 Å². The van der Waals surface area contributed by atoms with Crippen LogP contribution in [-0.4, -0.2) is 40.9 Å². The number of carbonyl (C=O) groups is 1. The largest absolute Gasteiger partial charge is 0.351 e. The van der Waals surface area contributed by atoms with Gasteiger partial charge in [0.15, 0.2) is 0 Å². The molecule has 0 spiro atoms. The average Bonchev–Trinajstić information content (AvgIpc) is 2.87. The van der Waals surface area contributed by atoms with Gasteiger partial charge in [0.25, 0.3) is 5.91 Å². The van der Waals surface area contributed by atoms with E-state index in [1.165, 1.54) is 0 Å². The Balaban J connectivity index is 2.22. The third kappa shape index (κ3) is 2.95. The van der Waals surface area contributed by atoms with Crippen LogP contribution in [0.5, 0.6) is 0 Å². The number of nitrogens with one attached hydrogen (secondary N) is 1. The molecular weight excluding hydrogens is 256 g/mol. The zero-order chi connectivity index (χ0) is 13.8. The smallest absolute Gasteiger partial charge is 0.270 e. The Hall–Kier alpha value is -1.42. The molecule has 0 aliphatic heterocycles. The summed E-state index contributed by atoms with van der Waals surface area (Å²) in [6, 6.07) is 10.2. The van der Waals surface area contributed by atoms with E-state index in [4.69, 9.17) is 0 Å². The highest BCUT2D eigenvalue weighted by Gasteiger charge is 2.20. The van der Waals surface area contributed by atoms with Gasteiger partial charge in [0.1, 0.15) is 5.69 Å². The van der Waals surface area contributed by atoms with E-state index in [2.05, 4.69) is 18.2 Å². The molecule has 0 bridgehead atoms. The maximum absolute atomic E-state index is 12.5. The summed E-state index contributed by atoms with van der Waals surface area (Å²) in [5.41, 5.74) is 1.68. The number of hydrogen-bond donors (Lipinski definition) is 1. The van der Waals surface area contributed by atoms with Crippen molar-refractivity contribution in [3.63, 3.8) is 0 Å². The molecule has 1 aromatic heterocycles. The van der Waals surface area contributed by atoms with Gasteiger partial charge in [0.2, 0.25) is 0 Å². The Bertz CT molecular complexity index is 531. The van der Waals surface area contributed by atoms with E-state index in [1.807, 2.05) is 42.3 Å². The number of para-hydroxylation sites is 1. The Labute approximate surface area is 118 Å². The van der Waals surface area contributed by atoms with Crippen LogP contribution < -0.4 is 0 Å². The molecular formula is C15H20N2OS.